The van der Waals surface area contributed by atoms with Crippen molar-refractivity contribution < 1.29 is 18.8 Å². The van der Waals surface area contributed by atoms with Crippen LogP contribution < -0.4 is 16.8 Å². The van der Waals surface area contributed by atoms with E-state index in [4.69, 9.17) is 11.5 Å². The van der Waals surface area contributed by atoms with Crippen molar-refractivity contribution in [1.82, 2.24) is 14.8 Å². The molecule has 0 atom stereocenters. The smallest absolute Gasteiger partial charge is 0.248 e. The zero-order chi connectivity index (χ0) is 21.8. The molecule has 1 aromatic heterocycles. The molecule has 0 aliphatic rings. The van der Waals surface area contributed by atoms with Gasteiger partial charge in [-0.05, 0) is 30.3 Å². The van der Waals surface area contributed by atoms with Crippen molar-refractivity contribution in [3.63, 3.8) is 0 Å². The molecular weight excluding hydrogens is 411 g/mol. The van der Waals surface area contributed by atoms with Crippen molar-refractivity contribution >= 4 is 35.2 Å². The predicted molar refractivity (Wildman–Crippen MR) is 109 cm³/mol. The van der Waals surface area contributed by atoms with Crippen LogP contribution in [-0.4, -0.2) is 38.2 Å². The zero-order valence-corrected chi connectivity index (χ0v) is 16.6. The van der Waals surface area contributed by atoms with Crippen LogP contribution in [-0.2, 0) is 11.8 Å². The first-order valence-corrected chi connectivity index (χ1v) is 9.56. The molecule has 3 amide bonds. The van der Waals surface area contributed by atoms with Gasteiger partial charge in [-0.3, -0.25) is 14.4 Å². The molecular formula is C19H17FN6O3S. The molecule has 2 aromatic carbocycles. The Morgan fingerprint density at radius 1 is 1.07 bits per heavy atom. The van der Waals surface area contributed by atoms with Crippen LogP contribution in [0.3, 0.4) is 0 Å². The first-order valence-electron chi connectivity index (χ1n) is 8.58. The second-order valence-corrected chi connectivity index (χ2v) is 7.15. The second kappa shape index (κ2) is 8.74. The topological polar surface area (TPSA) is 146 Å². The molecule has 3 aromatic rings. The van der Waals surface area contributed by atoms with E-state index in [2.05, 4.69) is 15.5 Å². The summed E-state index contributed by atoms with van der Waals surface area (Å²) in [7, 11) is 1.66. The van der Waals surface area contributed by atoms with Gasteiger partial charge in [0.1, 0.15) is 5.82 Å². The minimum atomic E-state index is -0.761. The van der Waals surface area contributed by atoms with Gasteiger partial charge in [0.15, 0.2) is 11.0 Å². The second-order valence-electron chi connectivity index (χ2n) is 6.21. The van der Waals surface area contributed by atoms with E-state index in [-0.39, 0.29) is 22.6 Å². The summed E-state index contributed by atoms with van der Waals surface area (Å²) in [5.74, 6) is -2.09. The Morgan fingerprint density at radius 3 is 2.30 bits per heavy atom. The van der Waals surface area contributed by atoms with Gasteiger partial charge in [-0.25, -0.2) is 4.39 Å². The SMILES string of the molecule is Cn1c(SCC(=O)Nc2cc(C(N)=O)cc(C(N)=O)c2)nnc1-c1ccccc1F. The average Bonchev–Trinajstić information content (AvgIpc) is 3.06. The van der Waals surface area contributed by atoms with Crippen molar-refractivity contribution in [2.75, 3.05) is 11.1 Å². The van der Waals surface area contributed by atoms with E-state index in [1.54, 1.807) is 29.8 Å². The van der Waals surface area contributed by atoms with Gasteiger partial charge in [-0.15, -0.1) is 10.2 Å². The molecule has 0 unspecified atom stereocenters. The quantitative estimate of drug-likeness (QED) is 0.487. The molecule has 9 nitrogen and oxygen atoms in total. The first-order chi connectivity index (χ1) is 14.3. The Hall–Kier alpha value is -3.73. The van der Waals surface area contributed by atoms with Gasteiger partial charge in [0, 0.05) is 23.9 Å². The van der Waals surface area contributed by atoms with Crippen LogP contribution in [0.2, 0.25) is 0 Å². The fourth-order valence-corrected chi connectivity index (χ4v) is 3.34. The van der Waals surface area contributed by atoms with E-state index in [0.717, 1.165) is 11.8 Å². The number of hydrogen-bond donors (Lipinski definition) is 3. The number of primary amides is 2. The number of rotatable bonds is 7. The van der Waals surface area contributed by atoms with Crippen LogP contribution in [0.15, 0.2) is 47.6 Å². The van der Waals surface area contributed by atoms with E-state index in [1.807, 2.05) is 0 Å². The van der Waals surface area contributed by atoms with Crippen LogP contribution in [0.1, 0.15) is 20.7 Å². The standard InChI is InChI=1S/C19H17FN6O3S/c1-26-18(13-4-2-3-5-14(13)20)24-25-19(26)30-9-15(27)23-12-7-10(16(21)28)6-11(8-12)17(22)29/h2-8H,9H2,1H3,(H2,21,28)(H2,22,29)(H,23,27). The summed E-state index contributed by atoms with van der Waals surface area (Å²) in [5, 5.41) is 11.0. The van der Waals surface area contributed by atoms with E-state index in [9.17, 15) is 18.8 Å². The molecule has 1 heterocycles. The van der Waals surface area contributed by atoms with Crippen molar-refractivity contribution in [2.45, 2.75) is 5.16 Å². The van der Waals surface area contributed by atoms with Gasteiger partial charge >= 0.3 is 0 Å². The molecule has 154 valence electrons. The highest BCUT2D eigenvalue weighted by molar-refractivity contribution is 7.99. The number of halogens is 1. The Balaban J connectivity index is 1.71. The molecule has 0 saturated carbocycles. The molecule has 0 radical (unpaired) electrons. The summed E-state index contributed by atoms with van der Waals surface area (Å²) in [5.41, 5.74) is 11.1. The number of hydrogen-bond acceptors (Lipinski definition) is 6. The highest BCUT2D eigenvalue weighted by Crippen LogP contribution is 2.25. The molecule has 0 aliphatic carbocycles. The minimum absolute atomic E-state index is 0.0390. The maximum atomic E-state index is 14.0. The number of benzene rings is 2. The minimum Gasteiger partial charge on any atom is -0.366 e. The highest BCUT2D eigenvalue weighted by atomic mass is 32.2. The van der Waals surface area contributed by atoms with Gasteiger partial charge in [0.05, 0.1) is 11.3 Å². The van der Waals surface area contributed by atoms with Crippen molar-refractivity contribution in [1.29, 1.82) is 0 Å². The Labute approximate surface area is 174 Å². The van der Waals surface area contributed by atoms with Gasteiger partial charge in [0.2, 0.25) is 17.7 Å². The van der Waals surface area contributed by atoms with Crippen LogP contribution in [0.4, 0.5) is 10.1 Å². The first kappa shape index (κ1) is 21.0. The Kier molecular flexibility index (Phi) is 6.11. The van der Waals surface area contributed by atoms with Crippen LogP contribution in [0.5, 0.6) is 0 Å². The summed E-state index contributed by atoms with van der Waals surface area (Å²) in [6.45, 7) is 0. The number of carbonyl (C=O) groups excluding carboxylic acids is 3. The number of thioether (sulfide) groups is 1. The van der Waals surface area contributed by atoms with Gasteiger partial charge < -0.3 is 21.4 Å². The van der Waals surface area contributed by atoms with Gasteiger partial charge in [0.25, 0.3) is 0 Å². The molecule has 0 spiro atoms. The third-order valence-electron chi connectivity index (χ3n) is 4.07. The molecule has 0 fully saturated rings. The summed E-state index contributed by atoms with van der Waals surface area (Å²) < 4.78 is 15.6. The largest absolute Gasteiger partial charge is 0.366 e. The molecule has 0 bridgehead atoms. The van der Waals surface area contributed by atoms with Crippen LogP contribution in [0, 0.1) is 5.82 Å². The third-order valence-corrected chi connectivity index (χ3v) is 5.09. The molecule has 30 heavy (non-hydrogen) atoms. The fourth-order valence-electron chi connectivity index (χ4n) is 2.63. The number of nitrogens with two attached hydrogens (primary N) is 2. The lowest BCUT2D eigenvalue weighted by atomic mass is 10.1. The van der Waals surface area contributed by atoms with E-state index < -0.39 is 23.5 Å². The number of carbonyl (C=O) groups is 3. The maximum absolute atomic E-state index is 14.0. The molecule has 11 heteroatoms. The zero-order valence-electron chi connectivity index (χ0n) is 15.8. The molecule has 5 N–H and O–H groups in total. The third kappa shape index (κ3) is 4.63. The lowest BCUT2D eigenvalue weighted by Crippen LogP contribution is -2.19. The summed E-state index contributed by atoms with van der Waals surface area (Å²) in [4.78, 5) is 35.1. The lowest BCUT2D eigenvalue weighted by Gasteiger charge is -2.08. The molecule has 3 rings (SSSR count). The van der Waals surface area contributed by atoms with E-state index >= 15 is 0 Å². The van der Waals surface area contributed by atoms with E-state index in [0.29, 0.717) is 16.5 Å². The number of anilines is 1. The lowest BCUT2D eigenvalue weighted by molar-refractivity contribution is -0.113. The Morgan fingerprint density at radius 2 is 1.70 bits per heavy atom. The Bertz CT molecular complexity index is 1110. The molecule has 0 saturated heterocycles. The van der Waals surface area contributed by atoms with Gasteiger partial charge in [-0.1, -0.05) is 23.9 Å². The monoisotopic (exact) mass is 428 g/mol. The number of nitrogens with zero attached hydrogens (tertiary/aromatic N) is 3. The summed E-state index contributed by atoms with van der Waals surface area (Å²) in [6, 6.07) is 10.1. The summed E-state index contributed by atoms with van der Waals surface area (Å²) >= 11 is 1.09. The normalized spacial score (nSPS) is 10.6. The van der Waals surface area contributed by atoms with Crippen molar-refractivity contribution in [2.24, 2.45) is 18.5 Å². The highest BCUT2D eigenvalue weighted by Gasteiger charge is 2.16. The van der Waals surface area contributed by atoms with Gasteiger partial charge in [-0.2, -0.15) is 0 Å². The number of aromatic nitrogens is 3. The fraction of sp³-hybridized carbons (Fsp3) is 0.105. The van der Waals surface area contributed by atoms with Crippen molar-refractivity contribution in [3.05, 3.63) is 59.4 Å². The predicted octanol–water partition coefficient (Wildman–Crippen LogP) is 1.55. The number of amides is 3. The maximum Gasteiger partial charge on any atom is 0.248 e. The average molecular weight is 428 g/mol. The van der Waals surface area contributed by atoms with Crippen LogP contribution >= 0.6 is 11.8 Å². The molecule has 0 aliphatic heterocycles. The summed E-state index contributed by atoms with van der Waals surface area (Å²) in [6.07, 6.45) is 0. The van der Waals surface area contributed by atoms with Crippen molar-refractivity contribution in [3.8, 4) is 11.4 Å². The van der Waals surface area contributed by atoms with Crippen LogP contribution in [0.25, 0.3) is 11.4 Å². The van der Waals surface area contributed by atoms with E-state index in [1.165, 1.54) is 24.3 Å². The number of nitrogens with one attached hydrogen (secondary N) is 1.